The summed E-state index contributed by atoms with van der Waals surface area (Å²) in [5.74, 6) is 2.59. The lowest BCUT2D eigenvalue weighted by molar-refractivity contribution is 0.228. The maximum atomic E-state index is 4.72. The third-order valence-electron chi connectivity index (χ3n) is 0.362. The lowest BCUT2D eigenvalue weighted by Gasteiger charge is -1.96. The Morgan fingerprint density at radius 3 is 2.43 bits per heavy atom. The van der Waals surface area contributed by atoms with Crippen molar-refractivity contribution in [2.24, 2.45) is 0 Å². The number of ether oxygens (including phenoxy) is 1. The lowest BCUT2D eigenvalue weighted by Crippen LogP contribution is -1.95. The number of hydrogen-bond acceptors (Lipinski definition) is 1. The molecule has 39 valence electrons. The summed E-state index contributed by atoms with van der Waals surface area (Å²) < 4.78 is 4.72. The molecule has 0 heterocycles. The molecule has 0 N–H and O–H groups in total. The van der Waals surface area contributed by atoms with Crippen molar-refractivity contribution in [2.75, 3.05) is 0 Å². The Morgan fingerprint density at radius 2 is 2.29 bits per heavy atom. The largest absolute Gasteiger partial charge is 0.444 e. The highest BCUT2D eigenvalue weighted by Crippen LogP contribution is 1.81. The van der Waals surface area contributed by atoms with Crippen LogP contribution < -0.4 is 0 Å². The zero-order valence-electron chi connectivity index (χ0n) is 4.69. The maximum Gasteiger partial charge on any atom is 0.110 e. The topological polar surface area (TPSA) is 9.23 Å². The molecule has 1 nitrogen and oxygen atoms in total. The summed E-state index contributed by atoms with van der Waals surface area (Å²) in [5, 5.41) is 0. The standard InChI is InChI=1S/C6H9O/c1-4-5-7-6(2)3/h6H,2H2,1,3H3. The van der Waals surface area contributed by atoms with E-state index >= 15 is 0 Å². The van der Waals surface area contributed by atoms with Crippen LogP contribution in [0.2, 0.25) is 0 Å². The summed E-state index contributed by atoms with van der Waals surface area (Å²) in [6.07, 6.45) is 2.41. The van der Waals surface area contributed by atoms with Crippen LogP contribution in [0.15, 0.2) is 0 Å². The van der Waals surface area contributed by atoms with E-state index in [0.717, 1.165) is 0 Å². The highest BCUT2D eigenvalue weighted by molar-refractivity contribution is 4.86. The Morgan fingerprint density at radius 1 is 1.71 bits per heavy atom. The molecular weight excluding hydrogens is 88.1 g/mol. The second kappa shape index (κ2) is 3.55. The summed E-state index contributed by atoms with van der Waals surface area (Å²) in [6, 6.07) is 0. The van der Waals surface area contributed by atoms with Gasteiger partial charge < -0.3 is 4.74 Å². The first-order valence-corrected chi connectivity index (χ1v) is 2.18. The van der Waals surface area contributed by atoms with Gasteiger partial charge in [-0.3, -0.25) is 0 Å². The minimum absolute atomic E-state index is 0.0209. The van der Waals surface area contributed by atoms with E-state index in [1.807, 2.05) is 6.92 Å². The Bertz CT molecular complexity index is 84.1. The fourth-order valence-electron chi connectivity index (χ4n) is 0.160. The van der Waals surface area contributed by atoms with Crippen LogP contribution in [0, 0.1) is 19.0 Å². The van der Waals surface area contributed by atoms with Crippen molar-refractivity contribution in [3.8, 4) is 12.0 Å². The smallest absolute Gasteiger partial charge is 0.110 e. The molecule has 0 aromatic heterocycles. The highest BCUT2D eigenvalue weighted by Gasteiger charge is 1.83. The van der Waals surface area contributed by atoms with Gasteiger partial charge in [-0.05, 0) is 13.8 Å². The fourth-order valence-corrected chi connectivity index (χ4v) is 0.160. The van der Waals surface area contributed by atoms with E-state index in [1.165, 1.54) is 0 Å². The van der Waals surface area contributed by atoms with Gasteiger partial charge in [-0.15, -0.1) is 0 Å². The van der Waals surface area contributed by atoms with Crippen LogP contribution in [0.4, 0.5) is 0 Å². The van der Waals surface area contributed by atoms with Gasteiger partial charge in [-0.2, -0.15) is 0 Å². The molecule has 1 atom stereocenters. The third kappa shape index (κ3) is 5.36. The summed E-state index contributed by atoms with van der Waals surface area (Å²) in [5.41, 5.74) is 0. The monoisotopic (exact) mass is 97.1 g/mol. The molecule has 0 bridgehead atoms. The molecule has 0 aliphatic heterocycles. The molecule has 1 unspecified atom stereocenters. The fraction of sp³-hybridized carbons (Fsp3) is 0.500. The highest BCUT2D eigenvalue weighted by atomic mass is 16.5. The van der Waals surface area contributed by atoms with Crippen molar-refractivity contribution in [1.29, 1.82) is 0 Å². The van der Waals surface area contributed by atoms with Crippen LogP contribution in [-0.4, -0.2) is 6.10 Å². The predicted molar refractivity (Wildman–Crippen MR) is 29.4 cm³/mol. The molecule has 0 spiro atoms. The molecule has 0 fully saturated rings. The van der Waals surface area contributed by atoms with Crippen molar-refractivity contribution < 1.29 is 4.74 Å². The lowest BCUT2D eigenvalue weighted by atomic mass is 10.5. The van der Waals surface area contributed by atoms with Crippen molar-refractivity contribution in [3.63, 3.8) is 0 Å². The first-order valence-electron chi connectivity index (χ1n) is 2.18. The van der Waals surface area contributed by atoms with E-state index < -0.39 is 0 Å². The minimum atomic E-state index is -0.0209. The van der Waals surface area contributed by atoms with Gasteiger partial charge in [0.2, 0.25) is 0 Å². The molecule has 0 aromatic rings. The van der Waals surface area contributed by atoms with Crippen LogP contribution >= 0.6 is 0 Å². The molecule has 7 heavy (non-hydrogen) atoms. The first kappa shape index (κ1) is 6.36. The molecule has 1 heteroatoms. The molecule has 0 amide bonds. The first-order chi connectivity index (χ1) is 3.27. The van der Waals surface area contributed by atoms with Gasteiger partial charge in [0.25, 0.3) is 0 Å². The van der Waals surface area contributed by atoms with Crippen molar-refractivity contribution in [1.82, 2.24) is 0 Å². The average molecular weight is 97.1 g/mol. The van der Waals surface area contributed by atoms with Crippen LogP contribution in [0.1, 0.15) is 13.8 Å². The summed E-state index contributed by atoms with van der Waals surface area (Å²) in [6.45, 7) is 7.11. The van der Waals surface area contributed by atoms with Crippen LogP contribution in [0.5, 0.6) is 0 Å². The van der Waals surface area contributed by atoms with Gasteiger partial charge in [-0.25, -0.2) is 0 Å². The predicted octanol–water partition coefficient (Wildman–Crippen LogP) is 1.21. The van der Waals surface area contributed by atoms with E-state index in [-0.39, 0.29) is 6.10 Å². The van der Waals surface area contributed by atoms with Crippen molar-refractivity contribution >= 4 is 0 Å². The van der Waals surface area contributed by atoms with Gasteiger partial charge in [0.15, 0.2) is 0 Å². The number of rotatable bonds is 1. The average Bonchev–Trinajstić information content (AvgIpc) is 1.61. The third-order valence-corrected chi connectivity index (χ3v) is 0.362. The molecule has 0 rings (SSSR count). The molecule has 0 saturated carbocycles. The summed E-state index contributed by atoms with van der Waals surface area (Å²) in [7, 11) is 0. The quantitative estimate of drug-likeness (QED) is 0.447. The van der Waals surface area contributed by atoms with Gasteiger partial charge in [0.05, 0.1) is 0 Å². The van der Waals surface area contributed by atoms with E-state index in [0.29, 0.717) is 0 Å². The van der Waals surface area contributed by atoms with E-state index in [2.05, 4.69) is 19.0 Å². The second-order valence-electron chi connectivity index (χ2n) is 1.28. The van der Waals surface area contributed by atoms with Gasteiger partial charge >= 0.3 is 0 Å². The molecule has 0 aromatic carbocycles. The molecule has 0 aliphatic rings. The van der Waals surface area contributed by atoms with Gasteiger partial charge in [0, 0.05) is 6.92 Å². The second-order valence-corrected chi connectivity index (χ2v) is 1.28. The minimum Gasteiger partial charge on any atom is -0.444 e. The van der Waals surface area contributed by atoms with E-state index in [1.54, 1.807) is 6.92 Å². The van der Waals surface area contributed by atoms with E-state index in [4.69, 9.17) is 4.74 Å². The van der Waals surface area contributed by atoms with Crippen LogP contribution in [0.25, 0.3) is 0 Å². The van der Waals surface area contributed by atoms with Crippen LogP contribution in [0.3, 0.4) is 0 Å². The normalized spacial score (nSPS) is 7.43. The van der Waals surface area contributed by atoms with Crippen LogP contribution in [-0.2, 0) is 4.74 Å². The van der Waals surface area contributed by atoms with Gasteiger partial charge in [0.1, 0.15) is 12.2 Å². The Balaban J connectivity index is 3.08. The molecule has 0 saturated heterocycles. The Hall–Kier alpha value is -0.640. The van der Waals surface area contributed by atoms with Gasteiger partial charge in [-0.1, -0.05) is 5.92 Å². The zero-order valence-corrected chi connectivity index (χ0v) is 4.69. The Kier molecular flexibility index (Phi) is 3.22. The van der Waals surface area contributed by atoms with Crippen molar-refractivity contribution in [2.45, 2.75) is 20.0 Å². The summed E-state index contributed by atoms with van der Waals surface area (Å²) >= 11 is 0. The molecule has 1 radical (unpaired) electrons. The maximum absolute atomic E-state index is 4.72. The zero-order chi connectivity index (χ0) is 5.70. The van der Waals surface area contributed by atoms with E-state index in [9.17, 15) is 0 Å². The summed E-state index contributed by atoms with van der Waals surface area (Å²) in [4.78, 5) is 0. The molecule has 0 aliphatic carbocycles. The molecular formula is C6H9O. The Labute approximate surface area is 44.7 Å². The SMILES string of the molecule is [CH2]C(C)OC#CC. The van der Waals surface area contributed by atoms with Crippen molar-refractivity contribution in [3.05, 3.63) is 6.92 Å². The number of hydrogen-bond donors (Lipinski definition) is 0.